The van der Waals surface area contributed by atoms with Gasteiger partial charge in [-0.15, -0.1) is 0 Å². The fraction of sp³-hybridized carbons (Fsp3) is 0.435. The maximum absolute atomic E-state index is 14.0. The second kappa shape index (κ2) is 10.5. The molecule has 1 aromatic carbocycles. The van der Waals surface area contributed by atoms with E-state index in [1.165, 1.54) is 4.57 Å². The summed E-state index contributed by atoms with van der Waals surface area (Å²) in [4.78, 5) is 21.9. The predicted molar refractivity (Wildman–Crippen MR) is 131 cm³/mol. The van der Waals surface area contributed by atoms with E-state index in [1.54, 1.807) is 30.5 Å². The fourth-order valence-electron chi connectivity index (χ4n) is 4.04. The number of morpholine rings is 1. The number of ether oxygens (including phenoxy) is 1. The molecule has 0 bridgehead atoms. The Kier molecular flexibility index (Phi) is 7.00. The van der Waals surface area contributed by atoms with Gasteiger partial charge in [-0.2, -0.15) is 20.1 Å². The van der Waals surface area contributed by atoms with Crippen molar-refractivity contribution in [3.8, 4) is 5.95 Å². The lowest BCUT2D eigenvalue weighted by Crippen LogP contribution is -2.37. The lowest BCUT2D eigenvalue weighted by Gasteiger charge is -2.27. The molecule has 0 saturated carbocycles. The van der Waals surface area contributed by atoms with Gasteiger partial charge in [0.25, 0.3) is 6.43 Å². The minimum absolute atomic E-state index is 0.0661. The number of hydrogen-bond acceptors (Lipinski definition) is 9. The van der Waals surface area contributed by atoms with E-state index in [-0.39, 0.29) is 11.9 Å². The number of benzene rings is 1. The number of halogens is 2. The van der Waals surface area contributed by atoms with Crippen LogP contribution in [0, 0.1) is 0 Å². The molecule has 36 heavy (non-hydrogen) atoms. The van der Waals surface area contributed by atoms with Crippen LogP contribution in [-0.2, 0) is 11.3 Å². The van der Waals surface area contributed by atoms with Crippen LogP contribution in [-0.4, -0.2) is 86.1 Å². The Morgan fingerprint density at radius 3 is 2.61 bits per heavy atom. The van der Waals surface area contributed by atoms with Gasteiger partial charge in [-0.05, 0) is 39.2 Å². The van der Waals surface area contributed by atoms with Crippen LogP contribution in [0.5, 0.6) is 0 Å². The third-order valence-corrected chi connectivity index (χ3v) is 5.77. The van der Waals surface area contributed by atoms with Crippen molar-refractivity contribution in [3.05, 3.63) is 42.5 Å². The van der Waals surface area contributed by atoms with Crippen LogP contribution >= 0.6 is 0 Å². The average molecular weight is 499 g/mol. The van der Waals surface area contributed by atoms with Crippen molar-refractivity contribution in [3.63, 3.8) is 0 Å². The summed E-state index contributed by atoms with van der Waals surface area (Å²) in [6.07, 6.45) is 1.70. The lowest BCUT2D eigenvalue weighted by molar-refractivity contribution is 0.122. The van der Waals surface area contributed by atoms with Gasteiger partial charge in [0.05, 0.1) is 36.1 Å². The molecular formula is C23H28F2N10O. The summed E-state index contributed by atoms with van der Waals surface area (Å²) >= 11 is 0. The summed E-state index contributed by atoms with van der Waals surface area (Å²) in [5, 5.41) is 7.56. The molecule has 0 amide bonds. The molecule has 1 aliphatic rings. The molecule has 4 heterocycles. The van der Waals surface area contributed by atoms with Crippen LogP contribution in [0.2, 0.25) is 0 Å². The normalized spacial score (nSPS) is 14.3. The van der Waals surface area contributed by atoms with E-state index in [1.807, 2.05) is 29.9 Å². The molecule has 0 spiro atoms. The highest BCUT2D eigenvalue weighted by atomic mass is 19.3. The fourth-order valence-corrected chi connectivity index (χ4v) is 4.04. The van der Waals surface area contributed by atoms with Crippen LogP contribution in [0.3, 0.4) is 0 Å². The number of imidazole rings is 1. The number of para-hydroxylation sites is 2. The molecule has 13 heteroatoms. The Bertz CT molecular complexity index is 1320. The summed E-state index contributed by atoms with van der Waals surface area (Å²) in [6.45, 7) is 3.94. The Labute approximate surface area is 206 Å². The molecule has 5 rings (SSSR count). The van der Waals surface area contributed by atoms with E-state index < -0.39 is 12.2 Å². The second-order valence-electron chi connectivity index (χ2n) is 8.73. The zero-order valence-corrected chi connectivity index (χ0v) is 20.2. The number of aryl methyl sites for hydroxylation is 1. The maximum atomic E-state index is 14.0. The van der Waals surface area contributed by atoms with Gasteiger partial charge in [-0.1, -0.05) is 12.1 Å². The van der Waals surface area contributed by atoms with Crippen molar-refractivity contribution >= 4 is 28.6 Å². The third-order valence-electron chi connectivity index (χ3n) is 5.77. The van der Waals surface area contributed by atoms with Crippen LogP contribution in [0.1, 0.15) is 18.7 Å². The molecule has 1 N–H and O–H groups in total. The molecule has 0 unspecified atom stereocenters. The molecule has 0 atom stereocenters. The van der Waals surface area contributed by atoms with Gasteiger partial charge in [0.1, 0.15) is 0 Å². The summed E-state index contributed by atoms with van der Waals surface area (Å²) in [5.41, 5.74) is 1.62. The SMILES string of the molecule is CN(C)CCCn1cc(Nc2nc(N3CCOCC3)nc(-n3c(C(F)F)nc4ccccc43)n2)cn1. The molecule has 0 radical (unpaired) electrons. The number of nitrogens with one attached hydrogen (secondary N) is 1. The molecule has 1 aliphatic heterocycles. The summed E-state index contributed by atoms with van der Waals surface area (Å²) in [7, 11) is 4.06. The van der Waals surface area contributed by atoms with Gasteiger partial charge < -0.3 is 19.9 Å². The number of aromatic nitrogens is 7. The number of alkyl halides is 2. The molecule has 1 fully saturated rings. The molecule has 1 saturated heterocycles. The largest absolute Gasteiger partial charge is 0.378 e. The average Bonchev–Trinajstić information content (AvgIpc) is 3.48. The summed E-state index contributed by atoms with van der Waals surface area (Å²) in [5.74, 6) is 0.251. The van der Waals surface area contributed by atoms with E-state index in [0.717, 1.165) is 19.5 Å². The first-order chi connectivity index (χ1) is 17.5. The zero-order chi connectivity index (χ0) is 25.1. The Hall–Kier alpha value is -3.71. The van der Waals surface area contributed by atoms with E-state index in [4.69, 9.17) is 4.74 Å². The van der Waals surface area contributed by atoms with Crippen molar-refractivity contribution in [1.82, 2.24) is 39.2 Å². The first-order valence-electron chi connectivity index (χ1n) is 11.8. The van der Waals surface area contributed by atoms with Crippen LogP contribution in [0.15, 0.2) is 36.7 Å². The van der Waals surface area contributed by atoms with Crippen molar-refractivity contribution in [1.29, 1.82) is 0 Å². The number of hydrogen-bond donors (Lipinski definition) is 1. The predicted octanol–water partition coefficient (Wildman–Crippen LogP) is 2.88. The highest BCUT2D eigenvalue weighted by Gasteiger charge is 2.24. The van der Waals surface area contributed by atoms with E-state index >= 15 is 0 Å². The molecule has 11 nitrogen and oxygen atoms in total. The number of anilines is 3. The highest BCUT2D eigenvalue weighted by molar-refractivity contribution is 5.77. The van der Waals surface area contributed by atoms with Crippen LogP contribution in [0.25, 0.3) is 17.0 Å². The van der Waals surface area contributed by atoms with E-state index in [2.05, 4.69) is 35.3 Å². The van der Waals surface area contributed by atoms with Crippen molar-refractivity contribution in [2.45, 2.75) is 19.4 Å². The summed E-state index contributed by atoms with van der Waals surface area (Å²) in [6, 6.07) is 6.93. The van der Waals surface area contributed by atoms with Gasteiger partial charge in [0.2, 0.25) is 17.8 Å². The van der Waals surface area contributed by atoms with E-state index in [0.29, 0.717) is 49.0 Å². The van der Waals surface area contributed by atoms with Crippen molar-refractivity contribution in [2.75, 3.05) is 57.2 Å². The Morgan fingerprint density at radius 2 is 1.83 bits per heavy atom. The topological polar surface area (TPSA) is 102 Å². The molecule has 0 aliphatic carbocycles. The van der Waals surface area contributed by atoms with Gasteiger partial charge in [0, 0.05) is 25.8 Å². The number of nitrogens with zero attached hydrogens (tertiary/aromatic N) is 9. The van der Waals surface area contributed by atoms with E-state index in [9.17, 15) is 8.78 Å². The first-order valence-corrected chi connectivity index (χ1v) is 11.8. The first kappa shape index (κ1) is 24.0. The number of rotatable bonds is 9. The minimum Gasteiger partial charge on any atom is -0.378 e. The molecule has 3 aromatic heterocycles. The molecule has 190 valence electrons. The lowest BCUT2D eigenvalue weighted by atomic mass is 10.3. The Balaban J connectivity index is 1.51. The van der Waals surface area contributed by atoms with Gasteiger partial charge in [0.15, 0.2) is 5.82 Å². The smallest absolute Gasteiger partial charge is 0.296 e. The van der Waals surface area contributed by atoms with Gasteiger partial charge in [-0.3, -0.25) is 9.25 Å². The maximum Gasteiger partial charge on any atom is 0.296 e. The summed E-state index contributed by atoms with van der Waals surface area (Å²) < 4.78 is 36.6. The van der Waals surface area contributed by atoms with Gasteiger partial charge in [-0.25, -0.2) is 13.8 Å². The van der Waals surface area contributed by atoms with Gasteiger partial charge >= 0.3 is 0 Å². The zero-order valence-electron chi connectivity index (χ0n) is 20.2. The van der Waals surface area contributed by atoms with Crippen molar-refractivity contribution < 1.29 is 13.5 Å². The quantitative estimate of drug-likeness (QED) is 0.373. The standard InChI is InChI=1S/C23H28F2N10O/c1-32(2)8-5-9-34-15-16(14-26-34)27-21-29-22(33-10-12-36-13-11-33)31-23(30-21)35-18-7-4-3-6-17(18)28-20(35)19(24)25/h3-4,6-7,14-15,19H,5,8-13H2,1-2H3,(H,27,29,30,31). The van der Waals surface area contributed by atoms with Crippen molar-refractivity contribution in [2.24, 2.45) is 0 Å². The monoisotopic (exact) mass is 498 g/mol. The molecule has 4 aromatic rings. The minimum atomic E-state index is -2.81. The Morgan fingerprint density at radius 1 is 1.06 bits per heavy atom. The second-order valence-corrected chi connectivity index (χ2v) is 8.73. The van der Waals surface area contributed by atoms with Crippen LogP contribution < -0.4 is 10.2 Å². The van der Waals surface area contributed by atoms with Crippen LogP contribution in [0.4, 0.5) is 26.4 Å². The third kappa shape index (κ3) is 5.26. The number of fused-ring (bicyclic) bond motifs is 1. The highest BCUT2D eigenvalue weighted by Crippen LogP contribution is 2.28. The molecular weight excluding hydrogens is 470 g/mol.